The summed E-state index contributed by atoms with van der Waals surface area (Å²) >= 11 is 0. The fourth-order valence-electron chi connectivity index (χ4n) is 2.58. The first kappa shape index (κ1) is 11.0. The van der Waals surface area contributed by atoms with Crippen LogP contribution >= 0.6 is 0 Å². The van der Waals surface area contributed by atoms with Crippen molar-refractivity contribution in [1.29, 1.82) is 0 Å². The number of phenolic OH excluding ortho intramolecular Hbond substituents is 2. The number of fused-ring (bicyclic) bond motifs is 1. The Morgan fingerprint density at radius 1 is 1.06 bits per heavy atom. The molecule has 0 fully saturated rings. The normalized spacial score (nSPS) is 17.4. The van der Waals surface area contributed by atoms with E-state index in [1.807, 2.05) is 24.3 Å². The van der Waals surface area contributed by atoms with Gasteiger partial charge in [0.1, 0.15) is 11.5 Å². The molecule has 0 saturated carbocycles. The van der Waals surface area contributed by atoms with Crippen molar-refractivity contribution in [2.45, 2.75) is 18.9 Å². The van der Waals surface area contributed by atoms with Gasteiger partial charge in [0, 0.05) is 11.8 Å². The molecule has 3 N–H and O–H groups in total. The van der Waals surface area contributed by atoms with Crippen LogP contribution in [-0.2, 0) is 6.42 Å². The maximum atomic E-state index is 9.79. The fraction of sp³-hybridized carbons (Fsp3) is 0.200. The maximum Gasteiger partial charge on any atom is 0.119 e. The van der Waals surface area contributed by atoms with Gasteiger partial charge in [0.25, 0.3) is 0 Å². The first-order valence-electron chi connectivity index (χ1n) is 6.10. The fourth-order valence-corrected chi connectivity index (χ4v) is 2.58. The zero-order valence-electron chi connectivity index (χ0n) is 9.93. The minimum Gasteiger partial charge on any atom is -0.508 e. The van der Waals surface area contributed by atoms with Crippen molar-refractivity contribution in [1.82, 2.24) is 0 Å². The van der Waals surface area contributed by atoms with Crippen LogP contribution in [0.4, 0.5) is 5.69 Å². The SMILES string of the molecule is Oc1cccc(NC2CCc3c(O)cccc32)c1. The maximum absolute atomic E-state index is 9.79. The quantitative estimate of drug-likeness (QED) is 0.756. The van der Waals surface area contributed by atoms with Gasteiger partial charge in [0.2, 0.25) is 0 Å². The molecule has 2 aromatic carbocycles. The molecule has 1 atom stereocenters. The van der Waals surface area contributed by atoms with Crippen LogP contribution in [0.5, 0.6) is 11.5 Å². The van der Waals surface area contributed by atoms with Crippen molar-refractivity contribution >= 4 is 5.69 Å². The van der Waals surface area contributed by atoms with E-state index < -0.39 is 0 Å². The van der Waals surface area contributed by atoms with E-state index in [9.17, 15) is 10.2 Å². The average molecular weight is 241 g/mol. The zero-order chi connectivity index (χ0) is 12.5. The summed E-state index contributed by atoms with van der Waals surface area (Å²) in [6.07, 6.45) is 1.85. The molecular weight excluding hydrogens is 226 g/mol. The highest BCUT2D eigenvalue weighted by Gasteiger charge is 2.24. The van der Waals surface area contributed by atoms with E-state index in [0.29, 0.717) is 5.75 Å². The molecule has 3 rings (SSSR count). The second-order valence-electron chi connectivity index (χ2n) is 4.63. The standard InChI is InChI=1S/C15H15NO2/c17-11-4-1-3-10(9-11)16-14-8-7-13-12(14)5-2-6-15(13)18/h1-6,9,14,16-18H,7-8H2. The highest BCUT2D eigenvalue weighted by Crippen LogP contribution is 2.38. The Hall–Kier alpha value is -2.16. The van der Waals surface area contributed by atoms with Gasteiger partial charge in [-0.3, -0.25) is 0 Å². The predicted octanol–water partition coefficient (Wildman–Crippen LogP) is 3.20. The lowest BCUT2D eigenvalue weighted by atomic mass is 10.1. The summed E-state index contributed by atoms with van der Waals surface area (Å²) in [4.78, 5) is 0. The summed E-state index contributed by atoms with van der Waals surface area (Å²) in [6.45, 7) is 0. The van der Waals surface area contributed by atoms with Gasteiger partial charge in [-0.25, -0.2) is 0 Å². The summed E-state index contributed by atoms with van der Waals surface area (Å²) < 4.78 is 0. The first-order valence-corrected chi connectivity index (χ1v) is 6.10. The second-order valence-corrected chi connectivity index (χ2v) is 4.63. The van der Waals surface area contributed by atoms with Crippen molar-refractivity contribution in [3.05, 3.63) is 53.6 Å². The molecule has 1 aliphatic carbocycles. The average Bonchev–Trinajstić information content (AvgIpc) is 2.74. The number of hydrogen-bond donors (Lipinski definition) is 3. The summed E-state index contributed by atoms with van der Waals surface area (Å²) in [7, 11) is 0. The molecule has 92 valence electrons. The van der Waals surface area contributed by atoms with E-state index in [4.69, 9.17) is 0 Å². The third kappa shape index (κ3) is 1.88. The lowest BCUT2D eigenvalue weighted by Gasteiger charge is -2.15. The van der Waals surface area contributed by atoms with Crippen molar-refractivity contribution in [2.24, 2.45) is 0 Å². The monoisotopic (exact) mass is 241 g/mol. The largest absolute Gasteiger partial charge is 0.508 e. The van der Waals surface area contributed by atoms with Crippen LogP contribution in [0, 0.1) is 0 Å². The summed E-state index contributed by atoms with van der Waals surface area (Å²) in [5, 5.41) is 22.6. The Morgan fingerprint density at radius 3 is 2.72 bits per heavy atom. The topological polar surface area (TPSA) is 52.5 Å². The Morgan fingerprint density at radius 2 is 1.89 bits per heavy atom. The van der Waals surface area contributed by atoms with E-state index >= 15 is 0 Å². The van der Waals surface area contributed by atoms with Crippen LogP contribution in [0.25, 0.3) is 0 Å². The van der Waals surface area contributed by atoms with E-state index in [1.165, 1.54) is 0 Å². The van der Waals surface area contributed by atoms with E-state index in [2.05, 4.69) is 5.32 Å². The number of aromatic hydroxyl groups is 2. The first-order chi connectivity index (χ1) is 8.74. The summed E-state index contributed by atoms with van der Waals surface area (Å²) in [5.74, 6) is 0.641. The molecule has 1 aliphatic rings. The van der Waals surface area contributed by atoms with Gasteiger partial charge < -0.3 is 15.5 Å². The number of anilines is 1. The van der Waals surface area contributed by atoms with Gasteiger partial charge in [-0.2, -0.15) is 0 Å². The minimum atomic E-state index is 0.203. The van der Waals surface area contributed by atoms with Gasteiger partial charge in [-0.15, -0.1) is 0 Å². The molecule has 0 aromatic heterocycles. The molecule has 1 unspecified atom stereocenters. The van der Waals surface area contributed by atoms with Gasteiger partial charge in [-0.1, -0.05) is 18.2 Å². The number of hydrogen-bond acceptors (Lipinski definition) is 3. The third-order valence-electron chi connectivity index (χ3n) is 3.43. The van der Waals surface area contributed by atoms with Crippen LogP contribution in [0.15, 0.2) is 42.5 Å². The smallest absolute Gasteiger partial charge is 0.119 e. The van der Waals surface area contributed by atoms with Crippen LogP contribution < -0.4 is 5.32 Å². The molecule has 3 heteroatoms. The molecule has 3 nitrogen and oxygen atoms in total. The van der Waals surface area contributed by atoms with Crippen LogP contribution in [0.1, 0.15) is 23.6 Å². The molecule has 0 heterocycles. The molecule has 0 spiro atoms. The number of phenols is 2. The number of rotatable bonds is 2. The zero-order valence-corrected chi connectivity index (χ0v) is 9.93. The van der Waals surface area contributed by atoms with Crippen LogP contribution in [0.2, 0.25) is 0 Å². The molecule has 2 aromatic rings. The van der Waals surface area contributed by atoms with Crippen molar-refractivity contribution in [3.63, 3.8) is 0 Å². The Balaban J connectivity index is 1.87. The highest BCUT2D eigenvalue weighted by atomic mass is 16.3. The lowest BCUT2D eigenvalue weighted by Crippen LogP contribution is -2.06. The molecule has 0 bridgehead atoms. The van der Waals surface area contributed by atoms with Gasteiger partial charge in [-0.05, 0) is 42.2 Å². The molecule has 0 radical (unpaired) electrons. The van der Waals surface area contributed by atoms with Crippen LogP contribution in [0.3, 0.4) is 0 Å². The van der Waals surface area contributed by atoms with E-state index in [0.717, 1.165) is 29.7 Å². The minimum absolute atomic E-state index is 0.203. The summed E-state index contributed by atoms with van der Waals surface area (Å²) in [5.41, 5.74) is 3.09. The third-order valence-corrected chi connectivity index (χ3v) is 3.43. The van der Waals surface area contributed by atoms with E-state index in [-0.39, 0.29) is 11.8 Å². The van der Waals surface area contributed by atoms with Crippen molar-refractivity contribution < 1.29 is 10.2 Å². The van der Waals surface area contributed by atoms with Crippen molar-refractivity contribution in [2.75, 3.05) is 5.32 Å². The molecule has 0 saturated heterocycles. The Bertz CT molecular complexity index is 580. The van der Waals surface area contributed by atoms with Gasteiger partial charge >= 0.3 is 0 Å². The van der Waals surface area contributed by atoms with E-state index in [1.54, 1.807) is 18.2 Å². The van der Waals surface area contributed by atoms with Crippen molar-refractivity contribution in [3.8, 4) is 11.5 Å². The Kier molecular flexibility index (Phi) is 2.59. The lowest BCUT2D eigenvalue weighted by molar-refractivity contribution is 0.469. The molecular formula is C15H15NO2. The van der Waals surface area contributed by atoms with Crippen LogP contribution in [-0.4, -0.2) is 10.2 Å². The molecule has 0 amide bonds. The molecule has 0 aliphatic heterocycles. The van der Waals surface area contributed by atoms with Gasteiger partial charge in [0.05, 0.1) is 6.04 Å². The van der Waals surface area contributed by atoms with Gasteiger partial charge in [0.15, 0.2) is 0 Å². The highest BCUT2D eigenvalue weighted by molar-refractivity contribution is 5.53. The molecule has 18 heavy (non-hydrogen) atoms. The number of nitrogens with one attached hydrogen (secondary N) is 1. The second kappa shape index (κ2) is 4.26. The number of benzene rings is 2. The Labute approximate surface area is 106 Å². The predicted molar refractivity (Wildman–Crippen MR) is 70.9 cm³/mol. The summed E-state index contributed by atoms with van der Waals surface area (Å²) in [6, 6.07) is 13.0.